The first-order chi connectivity index (χ1) is 12.5. The van der Waals surface area contributed by atoms with E-state index in [0.29, 0.717) is 30.3 Å². The Hall–Kier alpha value is -1.59. The molecule has 1 aromatic rings. The first kappa shape index (κ1) is 22.5. The van der Waals surface area contributed by atoms with Crippen molar-refractivity contribution in [1.29, 1.82) is 0 Å². The lowest BCUT2D eigenvalue weighted by molar-refractivity contribution is -0.143. The highest BCUT2D eigenvalue weighted by Crippen LogP contribution is 2.18. The highest BCUT2D eigenvalue weighted by Gasteiger charge is 2.19. The van der Waals surface area contributed by atoms with Crippen LogP contribution in [-0.2, 0) is 9.53 Å². The van der Waals surface area contributed by atoms with E-state index in [-0.39, 0.29) is 18.3 Å². The average Bonchev–Trinajstić information content (AvgIpc) is 2.64. The number of carbonyl (C=O) groups is 2. The smallest absolute Gasteiger partial charge is 0.307 e. The number of ether oxygens (including phenoxy) is 1. The molecule has 1 rings (SSSR count). The third-order valence-electron chi connectivity index (χ3n) is 4.33. The maximum Gasteiger partial charge on any atom is 0.307 e. The van der Waals surface area contributed by atoms with Crippen molar-refractivity contribution < 1.29 is 14.3 Å². The van der Waals surface area contributed by atoms with Crippen molar-refractivity contribution in [1.82, 2.24) is 9.80 Å². The summed E-state index contributed by atoms with van der Waals surface area (Å²) in [6, 6.07) is 7.02. The third-order valence-corrected chi connectivity index (χ3v) is 4.66. The van der Waals surface area contributed by atoms with Crippen molar-refractivity contribution in [2.75, 3.05) is 39.3 Å². The maximum absolute atomic E-state index is 12.9. The maximum atomic E-state index is 12.9. The molecule has 5 nitrogen and oxygen atoms in total. The van der Waals surface area contributed by atoms with Gasteiger partial charge in [-0.25, -0.2) is 0 Å². The monoisotopic (exact) mass is 382 g/mol. The van der Waals surface area contributed by atoms with Crippen LogP contribution in [0.15, 0.2) is 24.3 Å². The Bertz CT molecular complexity index is 562. The lowest BCUT2D eigenvalue weighted by atomic mass is 10.1. The molecule has 146 valence electrons. The molecule has 0 aromatic heterocycles. The number of nitrogens with zero attached hydrogens (tertiary/aromatic N) is 2. The minimum atomic E-state index is -0.285. The fourth-order valence-corrected chi connectivity index (χ4v) is 2.97. The second-order valence-electron chi connectivity index (χ2n) is 6.06. The van der Waals surface area contributed by atoms with Crippen LogP contribution in [0.25, 0.3) is 0 Å². The van der Waals surface area contributed by atoms with Crippen LogP contribution in [0, 0.1) is 0 Å². The van der Waals surface area contributed by atoms with Gasteiger partial charge < -0.3 is 14.5 Å². The molecule has 0 bridgehead atoms. The van der Waals surface area contributed by atoms with Crippen molar-refractivity contribution in [3.8, 4) is 0 Å². The molecule has 0 aliphatic carbocycles. The Balaban J connectivity index is 2.67. The summed E-state index contributed by atoms with van der Waals surface area (Å²) in [6.45, 7) is 10.4. The summed E-state index contributed by atoms with van der Waals surface area (Å²) in [5, 5.41) is 0.432. The summed E-state index contributed by atoms with van der Waals surface area (Å²) >= 11 is 6.17. The molecule has 0 radical (unpaired) electrons. The zero-order valence-electron chi connectivity index (χ0n) is 16.2. The molecule has 0 fully saturated rings. The van der Waals surface area contributed by atoms with Gasteiger partial charge >= 0.3 is 5.97 Å². The van der Waals surface area contributed by atoms with Gasteiger partial charge in [-0.2, -0.15) is 0 Å². The number of hydrogen-bond acceptors (Lipinski definition) is 4. The van der Waals surface area contributed by atoms with Gasteiger partial charge in [0.1, 0.15) is 0 Å². The molecule has 0 saturated heterocycles. The van der Waals surface area contributed by atoms with Gasteiger partial charge in [0, 0.05) is 13.1 Å². The molecule has 0 aliphatic rings. The molecule has 1 amide bonds. The van der Waals surface area contributed by atoms with Crippen LogP contribution in [0.2, 0.25) is 5.02 Å². The topological polar surface area (TPSA) is 49.9 Å². The van der Waals surface area contributed by atoms with Gasteiger partial charge in [-0.3, -0.25) is 9.59 Å². The molecule has 0 heterocycles. The van der Waals surface area contributed by atoms with Crippen LogP contribution in [0.3, 0.4) is 0 Å². The fourth-order valence-electron chi connectivity index (χ4n) is 2.76. The third kappa shape index (κ3) is 7.75. The largest absolute Gasteiger partial charge is 0.466 e. The van der Waals surface area contributed by atoms with E-state index in [9.17, 15) is 9.59 Å². The summed E-state index contributed by atoms with van der Waals surface area (Å²) in [5.41, 5.74) is 0.474. The number of benzene rings is 1. The Morgan fingerprint density at radius 3 is 2.27 bits per heavy atom. The second-order valence-corrected chi connectivity index (χ2v) is 6.47. The molecule has 0 aliphatic heterocycles. The van der Waals surface area contributed by atoms with Crippen molar-refractivity contribution >= 4 is 23.5 Å². The number of hydrogen-bond donors (Lipinski definition) is 0. The zero-order valence-corrected chi connectivity index (χ0v) is 16.9. The lowest BCUT2D eigenvalue weighted by Gasteiger charge is -2.24. The summed E-state index contributed by atoms with van der Waals surface area (Å²) in [7, 11) is 0. The molecular weight excluding hydrogens is 352 g/mol. The number of halogens is 1. The minimum Gasteiger partial charge on any atom is -0.466 e. The van der Waals surface area contributed by atoms with E-state index in [1.165, 1.54) is 0 Å². The molecule has 0 N–H and O–H groups in total. The Labute approximate surface area is 162 Å². The van der Waals surface area contributed by atoms with Crippen LogP contribution in [0.5, 0.6) is 0 Å². The molecule has 6 heteroatoms. The first-order valence-electron chi connectivity index (χ1n) is 9.45. The number of unbranched alkanes of at least 4 members (excludes halogenated alkanes) is 1. The lowest BCUT2D eigenvalue weighted by Crippen LogP contribution is -2.35. The van der Waals surface area contributed by atoms with E-state index >= 15 is 0 Å². The zero-order chi connectivity index (χ0) is 19.4. The van der Waals surface area contributed by atoms with Gasteiger partial charge in [-0.05, 0) is 51.5 Å². The Kier molecular flexibility index (Phi) is 11.0. The van der Waals surface area contributed by atoms with Crippen molar-refractivity contribution in [3.63, 3.8) is 0 Å². The van der Waals surface area contributed by atoms with Crippen LogP contribution < -0.4 is 0 Å². The van der Waals surface area contributed by atoms with Gasteiger partial charge in [0.05, 0.1) is 23.6 Å². The molecule has 0 unspecified atom stereocenters. The second kappa shape index (κ2) is 12.7. The van der Waals surface area contributed by atoms with Crippen LogP contribution >= 0.6 is 11.6 Å². The predicted octanol–water partition coefficient (Wildman–Crippen LogP) is 3.86. The van der Waals surface area contributed by atoms with E-state index in [1.54, 1.807) is 36.1 Å². The van der Waals surface area contributed by atoms with Crippen molar-refractivity contribution in [2.24, 2.45) is 0 Å². The van der Waals surface area contributed by atoms with Gasteiger partial charge in [-0.15, -0.1) is 0 Å². The summed E-state index contributed by atoms with van der Waals surface area (Å²) in [6.07, 6.45) is 2.09. The van der Waals surface area contributed by atoms with Crippen molar-refractivity contribution in [3.05, 3.63) is 34.9 Å². The molecule has 0 saturated carbocycles. The van der Waals surface area contributed by atoms with Crippen LogP contribution in [0.4, 0.5) is 0 Å². The highest BCUT2D eigenvalue weighted by atomic mass is 35.5. The SMILES string of the molecule is CCOC(=O)CCN(CCCCN(CC)CC)C(=O)c1ccccc1Cl. The Morgan fingerprint density at radius 1 is 1.00 bits per heavy atom. The fraction of sp³-hybridized carbons (Fsp3) is 0.600. The van der Waals surface area contributed by atoms with Gasteiger partial charge in [0.25, 0.3) is 5.91 Å². The number of carbonyl (C=O) groups excluding carboxylic acids is 2. The van der Waals surface area contributed by atoms with E-state index in [2.05, 4.69) is 18.7 Å². The first-order valence-corrected chi connectivity index (χ1v) is 9.82. The molecule has 0 atom stereocenters. The van der Waals surface area contributed by atoms with E-state index < -0.39 is 0 Å². The summed E-state index contributed by atoms with van der Waals surface area (Å²) in [4.78, 5) is 28.6. The number of esters is 1. The summed E-state index contributed by atoms with van der Waals surface area (Å²) < 4.78 is 4.98. The number of amides is 1. The minimum absolute atomic E-state index is 0.136. The Morgan fingerprint density at radius 2 is 1.65 bits per heavy atom. The highest BCUT2D eigenvalue weighted by molar-refractivity contribution is 6.33. The standard InChI is InChI=1S/C20H31ClN2O3/c1-4-22(5-2)14-9-10-15-23(16-13-19(24)26-6-3)20(25)17-11-7-8-12-18(17)21/h7-8,11-12H,4-6,9-10,13-16H2,1-3H3. The molecule has 0 spiro atoms. The molecular formula is C20H31ClN2O3. The van der Waals surface area contributed by atoms with Gasteiger partial charge in [-0.1, -0.05) is 37.6 Å². The van der Waals surface area contributed by atoms with Gasteiger partial charge in [0.2, 0.25) is 0 Å². The normalized spacial score (nSPS) is 10.8. The molecule has 1 aromatic carbocycles. The van der Waals surface area contributed by atoms with E-state index in [1.807, 2.05) is 0 Å². The van der Waals surface area contributed by atoms with Crippen LogP contribution in [0.1, 0.15) is 50.4 Å². The number of rotatable bonds is 12. The van der Waals surface area contributed by atoms with E-state index in [0.717, 1.165) is 32.5 Å². The van der Waals surface area contributed by atoms with Crippen LogP contribution in [-0.4, -0.2) is 61.0 Å². The quantitative estimate of drug-likeness (QED) is 0.407. The van der Waals surface area contributed by atoms with E-state index in [4.69, 9.17) is 16.3 Å². The summed E-state index contributed by atoms with van der Waals surface area (Å²) in [5.74, 6) is -0.421. The molecule has 26 heavy (non-hydrogen) atoms. The van der Waals surface area contributed by atoms with Gasteiger partial charge in [0.15, 0.2) is 0 Å². The van der Waals surface area contributed by atoms with Crippen molar-refractivity contribution in [2.45, 2.75) is 40.0 Å². The predicted molar refractivity (Wildman–Crippen MR) is 106 cm³/mol. The average molecular weight is 383 g/mol.